The summed E-state index contributed by atoms with van der Waals surface area (Å²) < 4.78 is 26.2. The molecule has 0 saturated heterocycles. The molecule has 0 fully saturated rings. The Morgan fingerprint density at radius 1 is 1.02 bits per heavy atom. The van der Waals surface area contributed by atoms with Crippen molar-refractivity contribution in [3.05, 3.63) is 95.0 Å². The van der Waals surface area contributed by atoms with Crippen molar-refractivity contribution in [1.29, 1.82) is 0 Å². The number of amides is 1. The molecule has 14 heteroatoms. The molecular formula is C35H35N7O7. The molecule has 2 aromatic carbocycles. The van der Waals surface area contributed by atoms with E-state index in [1.165, 1.54) is 13.3 Å². The Balaban J connectivity index is 1.41. The van der Waals surface area contributed by atoms with Gasteiger partial charge in [0, 0.05) is 30.9 Å². The number of aromatic carboxylic acids is 1. The first-order valence-corrected chi connectivity index (χ1v) is 15.5. The van der Waals surface area contributed by atoms with E-state index in [0.29, 0.717) is 52.0 Å². The first kappa shape index (κ1) is 32.7. The molecule has 14 nitrogen and oxygen atoms in total. The highest BCUT2D eigenvalue weighted by molar-refractivity contribution is 5.98. The Hall–Kier alpha value is -6.18. The van der Waals surface area contributed by atoms with Crippen molar-refractivity contribution >= 4 is 17.4 Å². The fourth-order valence-electron chi connectivity index (χ4n) is 5.44. The number of nitrogens with one attached hydrogen (secondary N) is 1. The first-order chi connectivity index (χ1) is 23.7. The van der Waals surface area contributed by atoms with Gasteiger partial charge in [-0.05, 0) is 38.0 Å². The van der Waals surface area contributed by atoms with Crippen LogP contribution in [0, 0.1) is 13.8 Å². The zero-order valence-corrected chi connectivity index (χ0v) is 27.7. The Kier molecular flexibility index (Phi) is 9.29. The molecule has 6 aromatic rings. The minimum absolute atomic E-state index is 0.00243. The summed E-state index contributed by atoms with van der Waals surface area (Å²) >= 11 is 0. The van der Waals surface area contributed by atoms with E-state index in [4.69, 9.17) is 18.6 Å². The Morgan fingerprint density at radius 3 is 2.53 bits per heavy atom. The Morgan fingerprint density at radius 2 is 1.82 bits per heavy atom. The zero-order valence-electron chi connectivity index (χ0n) is 27.7. The summed E-state index contributed by atoms with van der Waals surface area (Å²) in [6.45, 7) is 6.46. The van der Waals surface area contributed by atoms with E-state index in [9.17, 15) is 14.7 Å². The molecule has 4 heterocycles. The number of rotatable bonds is 13. The monoisotopic (exact) mass is 665 g/mol. The fourth-order valence-corrected chi connectivity index (χ4v) is 5.44. The number of fused-ring (bicyclic) bond motifs is 1. The average Bonchev–Trinajstić information content (AvgIpc) is 3.79. The number of methoxy groups -OCH3 is 2. The van der Waals surface area contributed by atoms with E-state index < -0.39 is 17.6 Å². The lowest BCUT2D eigenvalue weighted by molar-refractivity contribution is 0.0664. The van der Waals surface area contributed by atoms with Gasteiger partial charge in [0.2, 0.25) is 17.5 Å². The second-order valence-electron chi connectivity index (χ2n) is 11.2. The minimum atomic E-state index is -1.36. The number of oxazole rings is 1. The Bertz CT molecular complexity index is 2150. The fraction of sp³-hybridized carbons (Fsp3) is 0.257. The van der Waals surface area contributed by atoms with Crippen LogP contribution in [-0.4, -0.2) is 60.3 Å². The van der Waals surface area contributed by atoms with E-state index >= 15 is 0 Å². The van der Waals surface area contributed by atoms with Gasteiger partial charge in [-0.3, -0.25) is 18.9 Å². The molecule has 4 aromatic heterocycles. The quantitative estimate of drug-likeness (QED) is 0.160. The third kappa shape index (κ3) is 6.52. The second-order valence-corrected chi connectivity index (χ2v) is 11.2. The number of imidazole rings is 1. The van der Waals surface area contributed by atoms with Crippen LogP contribution in [0.1, 0.15) is 57.0 Å². The van der Waals surface area contributed by atoms with Crippen LogP contribution in [0.5, 0.6) is 17.2 Å². The number of aromatic nitrogens is 6. The average molecular weight is 666 g/mol. The maximum atomic E-state index is 13.6. The van der Waals surface area contributed by atoms with Crippen molar-refractivity contribution in [3.63, 3.8) is 0 Å². The molecule has 0 aliphatic carbocycles. The van der Waals surface area contributed by atoms with Crippen molar-refractivity contribution in [2.45, 2.75) is 46.9 Å². The third-order valence-corrected chi connectivity index (χ3v) is 7.77. The number of nitrogens with zero attached hydrogens (tertiary/aromatic N) is 6. The molecule has 0 unspecified atom stereocenters. The van der Waals surface area contributed by atoms with Crippen molar-refractivity contribution in [3.8, 4) is 40.2 Å². The smallest absolute Gasteiger partial charge is 0.374 e. The SMILES string of the molecule is CCCn1nc(C)c(OCc2ccccc2)c1-c1nc(-c2nc(C(=O)NCc3ccc(OC)cc3OC)n3cc(C)ncc23)c(C(=O)O)o1. The summed E-state index contributed by atoms with van der Waals surface area (Å²) in [6, 6.07) is 14.9. The van der Waals surface area contributed by atoms with Gasteiger partial charge in [0.1, 0.15) is 35.2 Å². The number of ether oxygens (including phenoxy) is 3. The predicted octanol–water partition coefficient (Wildman–Crippen LogP) is 5.50. The summed E-state index contributed by atoms with van der Waals surface area (Å²) in [5, 5.41) is 17.8. The summed E-state index contributed by atoms with van der Waals surface area (Å²) in [5.74, 6) is -0.770. The number of hydrogen-bond donors (Lipinski definition) is 2. The van der Waals surface area contributed by atoms with Crippen LogP contribution < -0.4 is 19.5 Å². The lowest BCUT2D eigenvalue weighted by Crippen LogP contribution is -2.25. The molecular weight excluding hydrogens is 630 g/mol. The van der Waals surface area contributed by atoms with Crippen LogP contribution in [0.2, 0.25) is 0 Å². The molecule has 0 atom stereocenters. The lowest BCUT2D eigenvalue weighted by Gasteiger charge is -2.11. The van der Waals surface area contributed by atoms with Gasteiger partial charge in [-0.1, -0.05) is 37.3 Å². The minimum Gasteiger partial charge on any atom is -0.497 e. The second kappa shape index (κ2) is 13.9. The molecule has 2 N–H and O–H groups in total. The highest BCUT2D eigenvalue weighted by Crippen LogP contribution is 2.38. The molecule has 0 aliphatic heterocycles. The molecule has 6 rings (SSSR count). The van der Waals surface area contributed by atoms with E-state index in [1.54, 1.807) is 54.4 Å². The number of carboxylic acids is 1. The van der Waals surface area contributed by atoms with Crippen molar-refractivity contribution in [2.75, 3.05) is 14.2 Å². The van der Waals surface area contributed by atoms with E-state index in [1.807, 2.05) is 37.3 Å². The highest BCUT2D eigenvalue weighted by Gasteiger charge is 2.31. The molecule has 1 amide bonds. The molecule has 0 saturated carbocycles. The molecule has 0 spiro atoms. The van der Waals surface area contributed by atoms with Crippen LogP contribution in [0.4, 0.5) is 0 Å². The maximum absolute atomic E-state index is 13.6. The number of benzene rings is 2. The van der Waals surface area contributed by atoms with E-state index in [2.05, 4.69) is 25.4 Å². The number of carbonyl (C=O) groups is 2. The van der Waals surface area contributed by atoms with Gasteiger partial charge in [0.25, 0.3) is 5.91 Å². The van der Waals surface area contributed by atoms with Crippen molar-refractivity contribution in [2.24, 2.45) is 0 Å². The standard InChI is InChI=1S/C35H35N7O7/c1-6-14-42-29(30(21(3)40-42)48-19-22-10-8-7-9-11-22)34-39-28(31(49-34)35(44)45)27-25-17-36-20(2)18-41(25)32(38-27)33(43)37-16-23-12-13-24(46-4)15-26(23)47-5/h7-13,15,17-18H,6,14,16,19H2,1-5H3,(H,37,43)(H,44,45). The van der Waals surface area contributed by atoms with Crippen LogP contribution >= 0.6 is 0 Å². The molecule has 49 heavy (non-hydrogen) atoms. The highest BCUT2D eigenvalue weighted by atomic mass is 16.5. The predicted molar refractivity (Wildman–Crippen MR) is 178 cm³/mol. The van der Waals surface area contributed by atoms with Crippen LogP contribution in [0.15, 0.2) is 65.3 Å². The third-order valence-electron chi connectivity index (χ3n) is 7.77. The largest absolute Gasteiger partial charge is 0.497 e. The zero-order chi connectivity index (χ0) is 34.7. The lowest BCUT2D eigenvalue weighted by atomic mass is 10.2. The van der Waals surface area contributed by atoms with Gasteiger partial charge in [-0.15, -0.1) is 0 Å². The topological polar surface area (TPSA) is 168 Å². The van der Waals surface area contributed by atoms with Crippen LogP contribution in [0.25, 0.3) is 28.5 Å². The van der Waals surface area contributed by atoms with E-state index in [-0.39, 0.29) is 36.3 Å². The van der Waals surface area contributed by atoms with Crippen molar-refractivity contribution < 1.29 is 33.3 Å². The maximum Gasteiger partial charge on any atom is 0.374 e. The van der Waals surface area contributed by atoms with Crippen molar-refractivity contribution in [1.82, 2.24) is 34.4 Å². The number of hydrogen-bond acceptors (Lipinski definition) is 10. The van der Waals surface area contributed by atoms with Gasteiger partial charge >= 0.3 is 5.97 Å². The number of aryl methyl sites for hydroxylation is 3. The molecule has 0 radical (unpaired) electrons. The summed E-state index contributed by atoms with van der Waals surface area (Å²) in [7, 11) is 3.09. The van der Waals surface area contributed by atoms with Gasteiger partial charge in [0.05, 0.1) is 31.6 Å². The van der Waals surface area contributed by atoms with Crippen LogP contribution in [-0.2, 0) is 19.7 Å². The van der Waals surface area contributed by atoms with Gasteiger partial charge in [0.15, 0.2) is 11.4 Å². The number of carboxylic acid groups (broad SMARTS) is 1. The van der Waals surface area contributed by atoms with Gasteiger partial charge in [-0.25, -0.2) is 14.8 Å². The van der Waals surface area contributed by atoms with Gasteiger partial charge in [-0.2, -0.15) is 5.10 Å². The molecule has 0 aliphatic rings. The summed E-state index contributed by atoms with van der Waals surface area (Å²) in [4.78, 5) is 39.9. The van der Waals surface area contributed by atoms with E-state index in [0.717, 1.165) is 12.0 Å². The van der Waals surface area contributed by atoms with Crippen LogP contribution in [0.3, 0.4) is 0 Å². The Labute approximate surface area is 281 Å². The summed E-state index contributed by atoms with van der Waals surface area (Å²) in [6.07, 6.45) is 3.90. The van der Waals surface area contributed by atoms with Gasteiger partial charge < -0.3 is 29.1 Å². The molecule has 0 bridgehead atoms. The summed E-state index contributed by atoms with van der Waals surface area (Å²) in [5.41, 5.74) is 3.66. The first-order valence-electron chi connectivity index (χ1n) is 15.5. The number of carbonyl (C=O) groups excluding carboxylic acids is 1. The normalized spacial score (nSPS) is 11.1. The molecule has 252 valence electrons.